The molecule has 0 amide bonds. The second-order valence-electron chi connectivity index (χ2n) is 6.14. The van der Waals surface area contributed by atoms with Gasteiger partial charge in [-0.1, -0.05) is 36.4 Å². The first kappa shape index (κ1) is 17.6. The fraction of sp³-hybridized carbons (Fsp3) is 0.211. The average Bonchev–Trinajstić information content (AvgIpc) is 3.13. The predicted molar refractivity (Wildman–Crippen MR) is 96.3 cm³/mol. The van der Waals surface area contributed by atoms with E-state index in [0.29, 0.717) is 11.3 Å². The zero-order chi connectivity index (χ0) is 19.0. The zero-order valence-corrected chi connectivity index (χ0v) is 15.3. The highest BCUT2D eigenvalue weighted by Crippen LogP contribution is 2.45. The first-order valence-corrected chi connectivity index (χ1v) is 9.66. The number of carbonyl (C=O) groups is 1. The van der Waals surface area contributed by atoms with Gasteiger partial charge in [0.25, 0.3) is 0 Å². The first-order valence-electron chi connectivity index (χ1n) is 8.30. The minimum absolute atomic E-state index is 0.0498. The van der Waals surface area contributed by atoms with E-state index in [1.807, 2.05) is 30.3 Å². The second kappa shape index (κ2) is 6.71. The molecular formula is C19H17NO6S. The van der Waals surface area contributed by atoms with Crippen molar-refractivity contribution in [3.05, 3.63) is 71.3 Å². The Morgan fingerprint density at radius 3 is 2.74 bits per heavy atom. The van der Waals surface area contributed by atoms with Crippen molar-refractivity contribution >= 4 is 16.3 Å². The lowest BCUT2D eigenvalue weighted by Crippen LogP contribution is -2.40. The lowest BCUT2D eigenvalue weighted by molar-refractivity contribution is -0.140. The van der Waals surface area contributed by atoms with E-state index >= 15 is 0 Å². The molecule has 0 bridgehead atoms. The van der Waals surface area contributed by atoms with Gasteiger partial charge < -0.3 is 13.7 Å². The van der Waals surface area contributed by atoms with Crippen LogP contribution in [0.1, 0.15) is 17.2 Å². The van der Waals surface area contributed by atoms with Crippen LogP contribution in [0, 0.1) is 0 Å². The van der Waals surface area contributed by atoms with E-state index in [1.165, 1.54) is 13.2 Å². The van der Waals surface area contributed by atoms with Gasteiger partial charge in [0.1, 0.15) is 12.4 Å². The minimum Gasteiger partial charge on any atom is -0.497 e. The van der Waals surface area contributed by atoms with Crippen LogP contribution in [0.25, 0.3) is 0 Å². The molecule has 27 heavy (non-hydrogen) atoms. The van der Waals surface area contributed by atoms with Gasteiger partial charge in [-0.3, -0.25) is 0 Å². The molecule has 8 heteroatoms. The van der Waals surface area contributed by atoms with Crippen molar-refractivity contribution in [3.8, 4) is 11.5 Å². The van der Waals surface area contributed by atoms with Crippen LogP contribution in [0.4, 0.5) is 0 Å². The van der Waals surface area contributed by atoms with Gasteiger partial charge >= 0.3 is 16.3 Å². The summed E-state index contributed by atoms with van der Waals surface area (Å²) in [5, 5.41) is 0. The van der Waals surface area contributed by atoms with Gasteiger partial charge in [0.15, 0.2) is 5.75 Å². The van der Waals surface area contributed by atoms with Crippen LogP contribution in [0.15, 0.2) is 60.2 Å². The molecule has 2 aromatic carbocycles. The maximum absolute atomic E-state index is 12.6. The van der Waals surface area contributed by atoms with Crippen molar-refractivity contribution in [2.45, 2.75) is 12.6 Å². The van der Waals surface area contributed by atoms with Crippen molar-refractivity contribution in [2.75, 3.05) is 13.7 Å². The number of fused-ring (bicyclic) bond motifs is 3. The van der Waals surface area contributed by atoms with Crippen LogP contribution < -0.4 is 8.92 Å². The van der Waals surface area contributed by atoms with Crippen molar-refractivity contribution in [1.82, 2.24) is 4.31 Å². The SMILES string of the molecule is COc1ccc2c(c1)OS(=O)(=O)N1CC=C(C(=O)OCc3ccccc3)C21. The standard InChI is InChI=1S/C19H17NO6S/c1-24-14-7-8-15-17(11-14)26-27(22,23)20-10-9-16(18(15)20)19(21)25-12-13-5-3-2-4-6-13/h2-9,11,18H,10,12H2,1H3. The summed E-state index contributed by atoms with van der Waals surface area (Å²) in [6, 6.07) is 13.4. The Bertz CT molecular complexity index is 1020. The molecule has 2 aliphatic heterocycles. The molecule has 2 aromatic rings. The summed E-state index contributed by atoms with van der Waals surface area (Å²) in [5.41, 5.74) is 1.71. The van der Waals surface area contributed by atoms with Gasteiger partial charge in [-0.15, -0.1) is 0 Å². The Hall–Kier alpha value is -2.84. The Labute approximate surface area is 157 Å². The fourth-order valence-electron chi connectivity index (χ4n) is 3.21. The highest BCUT2D eigenvalue weighted by Gasteiger charge is 2.46. The lowest BCUT2D eigenvalue weighted by Gasteiger charge is -2.31. The highest BCUT2D eigenvalue weighted by molar-refractivity contribution is 7.84. The molecular weight excluding hydrogens is 370 g/mol. The van der Waals surface area contributed by atoms with E-state index in [1.54, 1.807) is 18.2 Å². The van der Waals surface area contributed by atoms with Crippen LogP contribution in [0.2, 0.25) is 0 Å². The zero-order valence-electron chi connectivity index (χ0n) is 14.5. The van der Waals surface area contributed by atoms with E-state index in [4.69, 9.17) is 13.7 Å². The molecule has 0 spiro atoms. The van der Waals surface area contributed by atoms with Crippen molar-refractivity contribution in [3.63, 3.8) is 0 Å². The summed E-state index contributed by atoms with van der Waals surface area (Å²) in [4.78, 5) is 12.6. The molecule has 4 rings (SSSR count). The van der Waals surface area contributed by atoms with E-state index < -0.39 is 22.3 Å². The number of hydrogen-bond donors (Lipinski definition) is 0. The highest BCUT2D eigenvalue weighted by atomic mass is 32.2. The second-order valence-corrected chi connectivity index (χ2v) is 7.63. The summed E-state index contributed by atoms with van der Waals surface area (Å²) >= 11 is 0. The summed E-state index contributed by atoms with van der Waals surface area (Å²) < 4.78 is 41.7. The number of rotatable bonds is 4. The summed E-state index contributed by atoms with van der Waals surface area (Å²) in [5.74, 6) is 0.0667. The topological polar surface area (TPSA) is 82.1 Å². The Balaban J connectivity index is 1.62. The van der Waals surface area contributed by atoms with Crippen molar-refractivity contribution in [1.29, 1.82) is 0 Å². The minimum atomic E-state index is -4.01. The third-order valence-electron chi connectivity index (χ3n) is 4.52. The monoisotopic (exact) mass is 387 g/mol. The Morgan fingerprint density at radius 2 is 2.00 bits per heavy atom. The maximum Gasteiger partial charge on any atom is 0.386 e. The number of benzene rings is 2. The molecule has 0 saturated heterocycles. The van der Waals surface area contributed by atoms with Gasteiger partial charge in [0.05, 0.1) is 18.7 Å². The van der Waals surface area contributed by atoms with Gasteiger partial charge in [-0.2, -0.15) is 12.7 Å². The molecule has 0 saturated carbocycles. The van der Waals surface area contributed by atoms with Crippen molar-refractivity contribution in [2.24, 2.45) is 0 Å². The van der Waals surface area contributed by atoms with Crippen LogP contribution in [0.3, 0.4) is 0 Å². The van der Waals surface area contributed by atoms with Gasteiger partial charge in [0.2, 0.25) is 0 Å². The number of esters is 1. The number of methoxy groups -OCH3 is 1. The molecule has 0 fully saturated rings. The van der Waals surface area contributed by atoms with Gasteiger partial charge in [0, 0.05) is 18.2 Å². The smallest absolute Gasteiger partial charge is 0.386 e. The normalized spacial score (nSPS) is 20.0. The van der Waals surface area contributed by atoms with Crippen molar-refractivity contribution < 1.29 is 26.9 Å². The van der Waals surface area contributed by atoms with Gasteiger partial charge in [-0.25, -0.2) is 4.79 Å². The quantitative estimate of drug-likeness (QED) is 0.749. The number of carbonyl (C=O) groups excluding carboxylic acids is 1. The van der Waals surface area contributed by atoms with Crippen LogP contribution in [0.5, 0.6) is 11.5 Å². The molecule has 0 radical (unpaired) electrons. The molecule has 0 aliphatic carbocycles. The van der Waals surface area contributed by atoms with E-state index in [2.05, 4.69) is 0 Å². The Morgan fingerprint density at radius 1 is 1.22 bits per heavy atom. The van der Waals surface area contributed by atoms with Crippen LogP contribution in [-0.4, -0.2) is 32.3 Å². The van der Waals surface area contributed by atoms with E-state index in [-0.39, 0.29) is 24.5 Å². The summed E-state index contributed by atoms with van der Waals surface area (Å²) in [6.07, 6.45) is 1.57. The third kappa shape index (κ3) is 3.17. The largest absolute Gasteiger partial charge is 0.497 e. The Kier molecular flexibility index (Phi) is 4.37. The van der Waals surface area contributed by atoms with E-state index in [9.17, 15) is 13.2 Å². The molecule has 2 heterocycles. The number of ether oxygens (including phenoxy) is 2. The van der Waals surface area contributed by atoms with Crippen LogP contribution in [-0.2, 0) is 26.4 Å². The number of nitrogens with zero attached hydrogens (tertiary/aromatic N) is 1. The molecule has 0 aromatic heterocycles. The molecule has 1 atom stereocenters. The molecule has 140 valence electrons. The third-order valence-corrected chi connectivity index (χ3v) is 5.84. The maximum atomic E-state index is 12.6. The van der Waals surface area contributed by atoms with Gasteiger partial charge in [-0.05, 0) is 17.7 Å². The fourth-order valence-corrected chi connectivity index (χ4v) is 4.42. The molecule has 7 nitrogen and oxygen atoms in total. The predicted octanol–water partition coefficient (Wildman–Crippen LogP) is 2.36. The lowest BCUT2D eigenvalue weighted by atomic mass is 9.99. The van der Waals surface area contributed by atoms with Crippen LogP contribution >= 0.6 is 0 Å². The average molecular weight is 387 g/mol. The number of hydrogen-bond acceptors (Lipinski definition) is 6. The molecule has 1 unspecified atom stereocenters. The first-order chi connectivity index (χ1) is 13.0. The molecule has 0 N–H and O–H groups in total. The summed E-state index contributed by atoms with van der Waals surface area (Å²) in [6.45, 7) is 0.163. The molecule has 2 aliphatic rings. The van der Waals surface area contributed by atoms with E-state index in [0.717, 1.165) is 9.87 Å². The summed E-state index contributed by atoms with van der Waals surface area (Å²) in [7, 11) is -2.53.